The van der Waals surface area contributed by atoms with Crippen LogP contribution in [0, 0.1) is 17.6 Å². The lowest BCUT2D eigenvalue weighted by Crippen LogP contribution is -2.40. The van der Waals surface area contributed by atoms with E-state index in [-0.39, 0.29) is 24.0 Å². The molecule has 1 aliphatic carbocycles. The standard InChI is InChI=1S/C14H19F2N3O.HI/c1-17-14(19-9-10-2-3-10)18-6-7-20-11-4-5-12(15)13(16)8-11;/h4-5,8,10H,2-3,6-7,9H2,1H3,(H2,17,18,19);1H. The van der Waals surface area contributed by atoms with Crippen molar-refractivity contribution in [3.8, 4) is 5.75 Å². The Balaban J connectivity index is 0.00000220. The molecule has 0 heterocycles. The molecule has 4 nitrogen and oxygen atoms in total. The average Bonchev–Trinajstić information content (AvgIpc) is 3.26. The van der Waals surface area contributed by atoms with Gasteiger partial charge in [-0.2, -0.15) is 0 Å². The summed E-state index contributed by atoms with van der Waals surface area (Å²) in [5.74, 6) is 0.0296. The molecule has 21 heavy (non-hydrogen) atoms. The maximum atomic E-state index is 13.0. The number of hydrogen-bond acceptors (Lipinski definition) is 2. The number of halogens is 3. The molecule has 1 saturated carbocycles. The van der Waals surface area contributed by atoms with Crippen LogP contribution in [-0.2, 0) is 0 Å². The molecule has 0 saturated heterocycles. The predicted molar refractivity (Wildman–Crippen MR) is 89.4 cm³/mol. The molecule has 7 heteroatoms. The van der Waals surface area contributed by atoms with E-state index in [1.165, 1.54) is 18.9 Å². The van der Waals surface area contributed by atoms with Crippen LogP contribution in [0.4, 0.5) is 8.78 Å². The number of guanidine groups is 1. The highest BCUT2D eigenvalue weighted by atomic mass is 127. The van der Waals surface area contributed by atoms with Crippen LogP contribution in [0.25, 0.3) is 0 Å². The van der Waals surface area contributed by atoms with Crippen LogP contribution in [0.15, 0.2) is 23.2 Å². The SMILES string of the molecule is CN=C(NCCOc1ccc(F)c(F)c1)NCC1CC1.I. The molecular weight excluding hydrogens is 391 g/mol. The van der Waals surface area contributed by atoms with Crippen molar-refractivity contribution in [2.24, 2.45) is 10.9 Å². The second-order valence-electron chi connectivity index (χ2n) is 4.75. The van der Waals surface area contributed by atoms with Crippen molar-refractivity contribution in [3.63, 3.8) is 0 Å². The molecule has 0 unspecified atom stereocenters. The average molecular weight is 411 g/mol. The first-order valence-corrected chi connectivity index (χ1v) is 6.71. The maximum Gasteiger partial charge on any atom is 0.191 e. The summed E-state index contributed by atoms with van der Waals surface area (Å²) >= 11 is 0. The summed E-state index contributed by atoms with van der Waals surface area (Å²) in [6.45, 7) is 1.81. The minimum absolute atomic E-state index is 0. The summed E-state index contributed by atoms with van der Waals surface area (Å²) in [5.41, 5.74) is 0. The van der Waals surface area contributed by atoms with E-state index in [0.717, 1.165) is 30.6 Å². The van der Waals surface area contributed by atoms with Crippen molar-refractivity contribution in [1.82, 2.24) is 10.6 Å². The molecule has 1 aliphatic rings. The fraction of sp³-hybridized carbons (Fsp3) is 0.500. The van der Waals surface area contributed by atoms with E-state index in [0.29, 0.717) is 18.9 Å². The summed E-state index contributed by atoms with van der Waals surface area (Å²) in [6.07, 6.45) is 2.56. The van der Waals surface area contributed by atoms with Gasteiger partial charge in [0.15, 0.2) is 17.6 Å². The summed E-state index contributed by atoms with van der Waals surface area (Å²) in [6, 6.07) is 3.49. The van der Waals surface area contributed by atoms with Gasteiger partial charge in [-0.15, -0.1) is 24.0 Å². The molecule has 2 N–H and O–H groups in total. The van der Waals surface area contributed by atoms with Crippen molar-refractivity contribution < 1.29 is 13.5 Å². The van der Waals surface area contributed by atoms with Crippen molar-refractivity contribution >= 4 is 29.9 Å². The Hall–Kier alpha value is -1.12. The Labute approximate surface area is 140 Å². The van der Waals surface area contributed by atoms with Crippen LogP contribution in [0.2, 0.25) is 0 Å². The molecule has 0 radical (unpaired) electrons. The zero-order valence-electron chi connectivity index (χ0n) is 11.9. The third kappa shape index (κ3) is 6.45. The van der Waals surface area contributed by atoms with Crippen LogP contribution in [-0.4, -0.2) is 32.7 Å². The molecule has 1 aromatic carbocycles. The smallest absolute Gasteiger partial charge is 0.191 e. The Bertz CT molecular complexity index is 481. The lowest BCUT2D eigenvalue weighted by Gasteiger charge is -2.12. The van der Waals surface area contributed by atoms with Gasteiger partial charge in [0.25, 0.3) is 0 Å². The fourth-order valence-corrected chi connectivity index (χ4v) is 1.69. The quantitative estimate of drug-likeness (QED) is 0.328. The highest BCUT2D eigenvalue weighted by Crippen LogP contribution is 2.27. The lowest BCUT2D eigenvalue weighted by molar-refractivity contribution is 0.318. The molecular formula is C14H20F2IN3O. The monoisotopic (exact) mass is 411 g/mol. The molecule has 1 fully saturated rings. The second kappa shape index (κ2) is 9.01. The van der Waals surface area contributed by atoms with Gasteiger partial charge in [-0.05, 0) is 30.9 Å². The Morgan fingerprint density at radius 2 is 2.05 bits per heavy atom. The van der Waals surface area contributed by atoms with Crippen LogP contribution >= 0.6 is 24.0 Å². The molecule has 118 valence electrons. The summed E-state index contributed by atoms with van der Waals surface area (Å²) in [4.78, 5) is 4.09. The Morgan fingerprint density at radius 1 is 1.29 bits per heavy atom. The molecule has 0 spiro atoms. The number of nitrogens with zero attached hydrogens (tertiary/aromatic N) is 1. The van der Waals surface area contributed by atoms with Crippen LogP contribution < -0.4 is 15.4 Å². The normalized spacial score (nSPS) is 14.3. The van der Waals surface area contributed by atoms with E-state index < -0.39 is 11.6 Å². The third-order valence-electron chi connectivity index (χ3n) is 3.03. The highest BCUT2D eigenvalue weighted by molar-refractivity contribution is 14.0. The third-order valence-corrected chi connectivity index (χ3v) is 3.03. The van der Waals surface area contributed by atoms with Gasteiger partial charge in [0.2, 0.25) is 0 Å². The number of ether oxygens (including phenoxy) is 1. The first-order chi connectivity index (χ1) is 9.69. The topological polar surface area (TPSA) is 45.7 Å². The van der Waals surface area contributed by atoms with Crippen molar-refractivity contribution in [1.29, 1.82) is 0 Å². The van der Waals surface area contributed by atoms with Gasteiger partial charge in [0.05, 0.1) is 6.54 Å². The second-order valence-corrected chi connectivity index (χ2v) is 4.75. The number of rotatable bonds is 6. The van der Waals surface area contributed by atoms with Gasteiger partial charge >= 0.3 is 0 Å². The molecule has 2 rings (SSSR count). The van der Waals surface area contributed by atoms with Crippen molar-refractivity contribution in [2.45, 2.75) is 12.8 Å². The fourth-order valence-electron chi connectivity index (χ4n) is 1.69. The van der Waals surface area contributed by atoms with Crippen molar-refractivity contribution in [3.05, 3.63) is 29.8 Å². The Morgan fingerprint density at radius 3 is 2.67 bits per heavy atom. The number of aliphatic imine (C=N–C) groups is 1. The first-order valence-electron chi connectivity index (χ1n) is 6.71. The molecule has 0 atom stereocenters. The largest absolute Gasteiger partial charge is 0.492 e. The Kier molecular flexibility index (Phi) is 7.69. The highest BCUT2D eigenvalue weighted by Gasteiger charge is 2.20. The number of nitrogens with one attached hydrogen (secondary N) is 2. The molecule has 0 bridgehead atoms. The minimum atomic E-state index is -0.905. The molecule has 0 aliphatic heterocycles. The lowest BCUT2D eigenvalue weighted by atomic mass is 10.3. The zero-order valence-corrected chi connectivity index (χ0v) is 14.2. The number of hydrogen-bond donors (Lipinski definition) is 2. The van der Waals surface area contributed by atoms with E-state index in [2.05, 4.69) is 15.6 Å². The first kappa shape index (κ1) is 17.9. The van der Waals surface area contributed by atoms with Crippen LogP contribution in [0.5, 0.6) is 5.75 Å². The molecule has 0 amide bonds. The van der Waals surface area contributed by atoms with E-state index in [4.69, 9.17) is 4.74 Å². The van der Waals surface area contributed by atoms with Gasteiger partial charge in [-0.25, -0.2) is 8.78 Å². The molecule has 1 aromatic rings. The van der Waals surface area contributed by atoms with E-state index in [9.17, 15) is 8.78 Å². The van der Waals surface area contributed by atoms with Gasteiger partial charge < -0.3 is 15.4 Å². The van der Waals surface area contributed by atoms with Crippen LogP contribution in [0.3, 0.4) is 0 Å². The zero-order chi connectivity index (χ0) is 14.4. The van der Waals surface area contributed by atoms with Crippen molar-refractivity contribution in [2.75, 3.05) is 26.7 Å². The minimum Gasteiger partial charge on any atom is -0.492 e. The van der Waals surface area contributed by atoms with Gasteiger partial charge in [-0.3, -0.25) is 4.99 Å². The predicted octanol–water partition coefficient (Wildman–Crippen LogP) is 2.54. The van der Waals surface area contributed by atoms with Crippen LogP contribution in [0.1, 0.15) is 12.8 Å². The summed E-state index contributed by atoms with van der Waals surface area (Å²) in [5, 5.41) is 6.32. The van der Waals surface area contributed by atoms with E-state index >= 15 is 0 Å². The maximum absolute atomic E-state index is 13.0. The summed E-state index contributed by atoms with van der Waals surface area (Å²) in [7, 11) is 1.71. The number of benzene rings is 1. The van der Waals surface area contributed by atoms with Gasteiger partial charge in [0.1, 0.15) is 12.4 Å². The van der Waals surface area contributed by atoms with Gasteiger partial charge in [-0.1, -0.05) is 0 Å². The molecule has 0 aromatic heterocycles. The van der Waals surface area contributed by atoms with E-state index in [1.54, 1.807) is 7.05 Å². The van der Waals surface area contributed by atoms with Gasteiger partial charge in [0, 0.05) is 19.7 Å². The van der Waals surface area contributed by atoms with E-state index in [1.807, 2.05) is 0 Å². The summed E-state index contributed by atoms with van der Waals surface area (Å²) < 4.78 is 31.0.